The number of aliphatic carboxylic acids is 1. The lowest BCUT2D eigenvalue weighted by Crippen LogP contribution is -2.29. The van der Waals surface area contributed by atoms with E-state index < -0.39 is 18.6 Å². The highest BCUT2D eigenvalue weighted by Gasteiger charge is 2.01. The lowest BCUT2D eigenvalue weighted by Gasteiger charge is -2.00. The molecule has 0 unspecified atom stereocenters. The molecule has 2 N–H and O–H groups in total. The lowest BCUT2D eigenvalue weighted by molar-refractivity contribution is -0.135. The van der Waals surface area contributed by atoms with Gasteiger partial charge in [0.25, 0.3) is 0 Å². The van der Waals surface area contributed by atoms with Gasteiger partial charge >= 0.3 is 12.1 Å². The summed E-state index contributed by atoms with van der Waals surface area (Å²) in [7, 11) is 0. The Morgan fingerprint density at radius 3 is 2.25 bits per heavy atom. The predicted molar refractivity (Wildman–Crippen MR) is 44.0 cm³/mol. The summed E-state index contributed by atoms with van der Waals surface area (Å²) in [4.78, 5) is 20.2. The SMILES string of the molecule is CC.CCOC(=O)NCC(=O)O. The minimum atomic E-state index is -1.09. The lowest BCUT2D eigenvalue weighted by atomic mass is 10.7. The summed E-state index contributed by atoms with van der Waals surface area (Å²) in [6, 6.07) is 0. The predicted octanol–water partition coefficient (Wildman–Crippen LogP) is 0.843. The van der Waals surface area contributed by atoms with Crippen LogP contribution in [0.3, 0.4) is 0 Å². The van der Waals surface area contributed by atoms with Gasteiger partial charge in [0, 0.05) is 0 Å². The number of carboxylic acids is 1. The van der Waals surface area contributed by atoms with Crippen molar-refractivity contribution in [2.75, 3.05) is 13.2 Å². The summed E-state index contributed by atoms with van der Waals surface area (Å²) in [5.74, 6) is -1.09. The van der Waals surface area contributed by atoms with Gasteiger partial charge in [0.15, 0.2) is 0 Å². The van der Waals surface area contributed by atoms with Crippen LogP contribution in [0.1, 0.15) is 20.8 Å². The second kappa shape index (κ2) is 9.74. The second-order valence-electron chi connectivity index (χ2n) is 1.47. The zero-order chi connectivity index (χ0) is 9.98. The number of rotatable bonds is 3. The summed E-state index contributed by atoms with van der Waals surface area (Å²) in [5, 5.41) is 10.1. The number of ether oxygens (including phenoxy) is 1. The fraction of sp³-hybridized carbons (Fsp3) is 0.714. The van der Waals surface area contributed by atoms with Crippen LogP contribution in [-0.2, 0) is 9.53 Å². The van der Waals surface area contributed by atoms with Crippen molar-refractivity contribution in [3.63, 3.8) is 0 Å². The first kappa shape index (κ1) is 13.3. The monoisotopic (exact) mass is 177 g/mol. The molecular weight excluding hydrogens is 162 g/mol. The fourth-order valence-electron chi connectivity index (χ4n) is 0.330. The van der Waals surface area contributed by atoms with Crippen molar-refractivity contribution in [3.05, 3.63) is 0 Å². The molecule has 0 heterocycles. The molecule has 0 saturated carbocycles. The topological polar surface area (TPSA) is 75.6 Å². The van der Waals surface area contributed by atoms with Crippen LogP contribution in [0.2, 0.25) is 0 Å². The molecule has 0 bridgehead atoms. The van der Waals surface area contributed by atoms with E-state index in [1.807, 2.05) is 19.2 Å². The van der Waals surface area contributed by atoms with Gasteiger partial charge in [-0.3, -0.25) is 4.79 Å². The minimum absolute atomic E-state index is 0.242. The molecule has 0 aromatic carbocycles. The Labute approximate surface area is 71.7 Å². The number of nitrogens with one attached hydrogen (secondary N) is 1. The molecule has 0 aromatic heterocycles. The fourth-order valence-corrected chi connectivity index (χ4v) is 0.330. The van der Waals surface area contributed by atoms with E-state index >= 15 is 0 Å². The van der Waals surface area contributed by atoms with E-state index in [0.29, 0.717) is 0 Å². The quantitative estimate of drug-likeness (QED) is 0.669. The first-order valence-corrected chi connectivity index (χ1v) is 3.79. The van der Waals surface area contributed by atoms with Crippen LogP contribution in [-0.4, -0.2) is 30.3 Å². The third-order valence-electron chi connectivity index (χ3n) is 0.659. The van der Waals surface area contributed by atoms with Crippen molar-refractivity contribution >= 4 is 12.1 Å². The largest absolute Gasteiger partial charge is 0.480 e. The Kier molecular flexibility index (Phi) is 10.8. The number of hydrogen-bond donors (Lipinski definition) is 2. The average Bonchev–Trinajstić information content (AvgIpc) is 2.05. The van der Waals surface area contributed by atoms with Gasteiger partial charge in [-0.05, 0) is 6.92 Å². The third-order valence-corrected chi connectivity index (χ3v) is 0.659. The number of alkyl carbamates (subject to hydrolysis) is 1. The number of carboxylic acid groups (broad SMARTS) is 1. The highest BCUT2D eigenvalue weighted by atomic mass is 16.5. The summed E-state index contributed by atoms with van der Waals surface area (Å²) in [6.07, 6.45) is -0.704. The van der Waals surface area contributed by atoms with Crippen molar-refractivity contribution in [3.8, 4) is 0 Å². The van der Waals surface area contributed by atoms with E-state index in [0.717, 1.165) is 0 Å². The molecule has 1 amide bonds. The van der Waals surface area contributed by atoms with Gasteiger partial charge in [-0.25, -0.2) is 4.79 Å². The van der Waals surface area contributed by atoms with Crippen LogP contribution in [0.4, 0.5) is 4.79 Å². The molecule has 0 rings (SSSR count). The van der Waals surface area contributed by atoms with Crippen molar-refractivity contribution in [2.24, 2.45) is 0 Å². The van der Waals surface area contributed by atoms with E-state index in [9.17, 15) is 9.59 Å². The van der Waals surface area contributed by atoms with Crippen molar-refractivity contribution < 1.29 is 19.4 Å². The van der Waals surface area contributed by atoms with Crippen molar-refractivity contribution in [1.29, 1.82) is 0 Å². The summed E-state index contributed by atoms with van der Waals surface area (Å²) in [6.45, 7) is 5.48. The molecule has 72 valence electrons. The number of amides is 1. The molecule has 12 heavy (non-hydrogen) atoms. The highest BCUT2D eigenvalue weighted by molar-refractivity contribution is 5.76. The smallest absolute Gasteiger partial charge is 0.407 e. The van der Waals surface area contributed by atoms with Crippen LogP contribution in [0.5, 0.6) is 0 Å². The molecule has 5 heteroatoms. The zero-order valence-electron chi connectivity index (χ0n) is 7.59. The molecule has 0 aliphatic heterocycles. The highest BCUT2D eigenvalue weighted by Crippen LogP contribution is 1.74. The van der Waals surface area contributed by atoms with Crippen LogP contribution >= 0.6 is 0 Å². The van der Waals surface area contributed by atoms with Gasteiger partial charge in [-0.2, -0.15) is 0 Å². The molecule has 0 aliphatic carbocycles. The Balaban J connectivity index is 0. The Bertz CT molecular complexity index is 135. The Morgan fingerprint density at radius 1 is 1.42 bits per heavy atom. The van der Waals surface area contributed by atoms with Crippen molar-refractivity contribution in [1.82, 2.24) is 5.32 Å². The summed E-state index contributed by atoms with van der Waals surface area (Å²) in [5.41, 5.74) is 0. The summed E-state index contributed by atoms with van der Waals surface area (Å²) >= 11 is 0. The van der Waals surface area contributed by atoms with Gasteiger partial charge in [0.05, 0.1) is 6.61 Å². The molecule has 0 aliphatic rings. The average molecular weight is 177 g/mol. The Morgan fingerprint density at radius 2 is 1.92 bits per heavy atom. The normalized spacial score (nSPS) is 7.58. The maximum absolute atomic E-state index is 10.4. The van der Waals surface area contributed by atoms with Gasteiger partial charge < -0.3 is 15.2 Å². The molecule has 5 nitrogen and oxygen atoms in total. The molecule has 0 atom stereocenters. The van der Waals surface area contributed by atoms with Crippen LogP contribution < -0.4 is 5.32 Å². The first-order valence-electron chi connectivity index (χ1n) is 3.79. The van der Waals surface area contributed by atoms with E-state index in [4.69, 9.17) is 5.11 Å². The van der Waals surface area contributed by atoms with Crippen molar-refractivity contribution in [2.45, 2.75) is 20.8 Å². The van der Waals surface area contributed by atoms with Crippen LogP contribution in [0.25, 0.3) is 0 Å². The summed E-state index contributed by atoms with van der Waals surface area (Å²) < 4.78 is 4.38. The maximum atomic E-state index is 10.4. The van der Waals surface area contributed by atoms with E-state index in [2.05, 4.69) is 4.74 Å². The van der Waals surface area contributed by atoms with Crippen LogP contribution in [0, 0.1) is 0 Å². The standard InChI is InChI=1S/C5H9NO4.C2H6/c1-2-10-5(9)6-3-4(7)8;1-2/h2-3H2,1H3,(H,6,9)(H,7,8);1-2H3. The second-order valence-corrected chi connectivity index (χ2v) is 1.47. The number of carbonyl (C=O) groups excluding carboxylic acids is 1. The van der Waals surface area contributed by atoms with Gasteiger partial charge in [0.2, 0.25) is 0 Å². The molecule has 0 spiro atoms. The minimum Gasteiger partial charge on any atom is -0.480 e. The van der Waals surface area contributed by atoms with E-state index in [-0.39, 0.29) is 6.61 Å². The van der Waals surface area contributed by atoms with Gasteiger partial charge in [0.1, 0.15) is 6.54 Å². The molecule has 0 aromatic rings. The van der Waals surface area contributed by atoms with Crippen LogP contribution in [0.15, 0.2) is 0 Å². The third kappa shape index (κ3) is 11.5. The number of carbonyl (C=O) groups is 2. The van der Waals surface area contributed by atoms with Gasteiger partial charge in [-0.15, -0.1) is 0 Å². The number of hydrogen-bond acceptors (Lipinski definition) is 3. The Hall–Kier alpha value is -1.26. The van der Waals surface area contributed by atoms with Gasteiger partial charge in [-0.1, -0.05) is 13.8 Å². The molecule has 0 radical (unpaired) electrons. The maximum Gasteiger partial charge on any atom is 0.407 e. The van der Waals surface area contributed by atoms with E-state index in [1.54, 1.807) is 6.92 Å². The molecule has 0 fully saturated rings. The zero-order valence-corrected chi connectivity index (χ0v) is 7.59. The first-order chi connectivity index (χ1) is 5.66. The molecular formula is C7H15NO4. The van der Waals surface area contributed by atoms with E-state index in [1.165, 1.54) is 0 Å². The molecule has 0 saturated heterocycles.